The zero-order valence-corrected chi connectivity index (χ0v) is 18.0. The van der Waals surface area contributed by atoms with E-state index >= 15 is 0 Å². The lowest BCUT2D eigenvalue weighted by Gasteiger charge is -2.26. The van der Waals surface area contributed by atoms with E-state index in [1.165, 1.54) is 5.56 Å². The molecule has 0 aliphatic carbocycles. The third-order valence-corrected chi connectivity index (χ3v) is 5.60. The topological polar surface area (TPSA) is 48.0 Å². The highest BCUT2D eigenvalue weighted by molar-refractivity contribution is 5.78. The number of benzene rings is 2. The van der Waals surface area contributed by atoms with E-state index in [1.54, 1.807) is 14.2 Å². The van der Waals surface area contributed by atoms with Crippen LogP contribution in [0.4, 0.5) is 0 Å². The minimum atomic E-state index is 0.0108. The van der Waals surface area contributed by atoms with Gasteiger partial charge in [0.25, 0.3) is 5.91 Å². The van der Waals surface area contributed by atoms with Crippen molar-refractivity contribution in [3.05, 3.63) is 53.1 Å². The Labute approximate surface area is 173 Å². The van der Waals surface area contributed by atoms with Gasteiger partial charge in [-0.1, -0.05) is 32.0 Å². The van der Waals surface area contributed by atoms with Crippen molar-refractivity contribution in [1.29, 1.82) is 0 Å². The fraction of sp³-hybridized carbons (Fsp3) is 0.458. The van der Waals surface area contributed by atoms with Crippen LogP contribution in [0.15, 0.2) is 36.4 Å². The van der Waals surface area contributed by atoms with E-state index in [2.05, 4.69) is 26.0 Å². The highest BCUT2D eigenvalue weighted by Gasteiger charge is 2.30. The van der Waals surface area contributed by atoms with E-state index in [0.29, 0.717) is 17.4 Å². The first-order valence-electron chi connectivity index (χ1n) is 10.2. The number of aryl methyl sites for hydroxylation is 1. The van der Waals surface area contributed by atoms with Crippen molar-refractivity contribution in [3.63, 3.8) is 0 Å². The minimum Gasteiger partial charge on any atom is -0.493 e. The van der Waals surface area contributed by atoms with E-state index in [0.717, 1.165) is 36.3 Å². The van der Waals surface area contributed by atoms with Gasteiger partial charge in [0.15, 0.2) is 18.1 Å². The molecule has 0 bridgehead atoms. The smallest absolute Gasteiger partial charge is 0.261 e. The van der Waals surface area contributed by atoms with E-state index in [1.807, 2.05) is 36.1 Å². The van der Waals surface area contributed by atoms with E-state index in [-0.39, 0.29) is 18.6 Å². The summed E-state index contributed by atoms with van der Waals surface area (Å²) in [6, 6.07) is 12.1. The maximum Gasteiger partial charge on any atom is 0.261 e. The van der Waals surface area contributed by atoms with Gasteiger partial charge in [-0.3, -0.25) is 4.79 Å². The lowest BCUT2D eigenvalue weighted by molar-refractivity contribution is -0.134. The molecule has 1 aliphatic heterocycles. The molecule has 3 rings (SSSR count). The molecule has 1 amide bonds. The van der Waals surface area contributed by atoms with Crippen LogP contribution in [-0.2, 0) is 4.79 Å². The Morgan fingerprint density at radius 1 is 1.07 bits per heavy atom. The molecule has 0 aromatic heterocycles. The van der Waals surface area contributed by atoms with Crippen molar-refractivity contribution >= 4 is 5.91 Å². The van der Waals surface area contributed by atoms with Gasteiger partial charge in [0, 0.05) is 6.54 Å². The van der Waals surface area contributed by atoms with E-state index < -0.39 is 0 Å². The highest BCUT2D eigenvalue weighted by atomic mass is 16.5. The molecule has 0 spiro atoms. The molecular formula is C24H31NO4. The number of rotatable bonds is 7. The predicted molar refractivity (Wildman–Crippen MR) is 114 cm³/mol. The Bertz CT molecular complexity index is 862. The number of hydrogen-bond acceptors (Lipinski definition) is 4. The normalized spacial score (nSPS) is 16.2. The van der Waals surface area contributed by atoms with Gasteiger partial charge >= 0.3 is 0 Å². The number of nitrogens with zero attached hydrogens (tertiary/aromatic N) is 1. The summed E-state index contributed by atoms with van der Waals surface area (Å²) in [5.74, 6) is 2.59. The summed E-state index contributed by atoms with van der Waals surface area (Å²) in [6.07, 6.45) is 1.91. The third kappa shape index (κ3) is 4.66. The Balaban J connectivity index is 1.72. The first-order chi connectivity index (χ1) is 13.9. The minimum absolute atomic E-state index is 0.0108. The van der Waals surface area contributed by atoms with Crippen LogP contribution in [0, 0.1) is 6.92 Å². The number of ether oxygens (including phenoxy) is 3. The van der Waals surface area contributed by atoms with Crippen LogP contribution in [0.1, 0.15) is 55.3 Å². The third-order valence-electron chi connectivity index (χ3n) is 5.60. The molecule has 0 saturated carbocycles. The van der Waals surface area contributed by atoms with Crippen LogP contribution in [-0.4, -0.2) is 38.2 Å². The number of hydrogen-bond donors (Lipinski definition) is 0. The zero-order valence-electron chi connectivity index (χ0n) is 18.0. The van der Waals surface area contributed by atoms with Crippen molar-refractivity contribution in [2.75, 3.05) is 27.4 Å². The van der Waals surface area contributed by atoms with Gasteiger partial charge in [0.05, 0.1) is 20.3 Å². The summed E-state index contributed by atoms with van der Waals surface area (Å²) >= 11 is 0. The van der Waals surface area contributed by atoms with Crippen LogP contribution in [0.25, 0.3) is 0 Å². The summed E-state index contributed by atoms with van der Waals surface area (Å²) in [7, 11) is 3.25. The molecule has 2 aromatic carbocycles. The van der Waals surface area contributed by atoms with Crippen LogP contribution < -0.4 is 14.2 Å². The molecule has 1 saturated heterocycles. The van der Waals surface area contributed by atoms with Gasteiger partial charge in [-0.15, -0.1) is 0 Å². The molecule has 5 nitrogen and oxygen atoms in total. The zero-order chi connectivity index (χ0) is 21.0. The molecule has 2 aromatic rings. The molecule has 0 radical (unpaired) electrons. The van der Waals surface area contributed by atoms with Crippen molar-refractivity contribution in [3.8, 4) is 17.2 Å². The second-order valence-corrected chi connectivity index (χ2v) is 7.83. The summed E-state index contributed by atoms with van der Waals surface area (Å²) in [6.45, 7) is 7.10. The van der Waals surface area contributed by atoms with Crippen LogP contribution in [0.3, 0.4) is 0 Å². The van der Waals surface area contributed by atoms with Gasteiger partial charge in [-0.25, -0.2) is 0 Å². The molecule has 0 N–H and O–H groups in total. The highest BCUT2D eigenvalue weighted by Crippen LogP contribution is 2.37. The second kappa shape index (κ2) is 9.21. The first-order valence-corrected chi connectivity index (χ1v) is 10.2. The van der Waals surface area contributed by atoms with Gasteiger partial charge in [-0.05, 0) is 60.6 Å². The van der Waals surface area contributed by atoms with Crippen LogP contribution >= 0.6 is 0 Å². The van der Waals surface area contributed by atoms with E-state index in [9.17, 15) is 4.79 Å². The maximum absolute atomic E-state index is 13.0. The number of likely N-dealkylation sites (tertiary alicyclic amines) is 1. The average Bonchev–Trinajstić information content (AvgIpc) is 3.22. The first kappa shape index (κ1) is 21.0. The Hall–Kier alpha value is -2.69. The monoisotopic (exact) mass is 397 g/mol. The molecule has 156 valence electrons. The van der Waals surface area contributed by atoms with Crippen LogP contribution in [0.2, 0.25) is 0 Å². The van der Waals surface area contributed by atoms with Crippen molar-refractivity contribution < 1.29 is 19.0 Å². The Kier molecular flexibility index (Phi) is 6.68. The maximum atomic E-state index is 13.0. The van der Waals surface area contributed by atoms with Gasteiger partial charge in [0.1, 0.15) is 5.75 Å². The molecule has 29 heavy (non-hydrogen) atoms. The molecule has 1 aliphatic rings. The Morgan fingerprint density at radius 3 is 2.52 bits per heavy atom. The van der Waals surface area contributed by atoms with Crippen molar-refractivity contribution in [2.24, 2.45) is 0 Å². The number of methoxy groups -OCH3 is 2. The lowest BCUT2D eigenvalue weighted by atomic mass is 10.0. The lowest BCUT2D eigenvalue weighted by Crippen LogP contribution is -2.34. The fourth-order valence-corrected chi connectivity index (χ4v) is 3.83. The predicted octanol–water partition coefficient (Wildman–Crippen LogP) is 4.88. The SMILES string of the molecule is COc1ccc(C2CCCN2C(=O)COc2cc(C(C)C)ccc2C)cc1OC. The summed E-state index contributed by atoms with van der Waals surface area (Å²) in [5.41, 5.74) is 3.31. The average molecular weight is 398 g/mol. The van der Waals surface area contributed by atoms with Gasteiger partial charge in [0.2, 0.25) is 0 Å². The number of carbonyl (C=O) groups excluding carboxylic acids is 1. The largest absolute Gasteiger partial charge is 0.493 e. The van der Waals surface area contributed by atoms with Crippen molar-refractivity contribution in [1.82, 2.24) is 4.90 Å². The van der Waals surface area contributed by atoms with Crippen molar-refractivity contribution in [2.45, 2.75) is 45.6 Å². The van der Waals surface area contributed by atoms with E-state index in [4.69, 9.17) is 14.2 Å². The van der Waals surface area contributed by atoms with Gasteiger partial charge < -0.3 is 19.1 Å². The van der Waals surface area contributed by atoms with Crippen LogP contribution in [0.5, 0.6) is 17.2 Å². The molecular weight excluding hydrogens is 366 g/mol. The summed E-state index contributed by atoms with van der Waals surface area (Å²) in [5, 5.41) is 0. The quantitative estimate of drug-likeness (QED) is 0.668. The number of carbonyl (C=O) groups is 1. The fourth-order valence-electron chi connectivity index (χ4n) is 3.83. The summed E-state index contributed by atoms with van der Waals surface area (Å²) in [4.78, 5) is 14.9. The molecule has 1 fully saturated rings. The standard InChI is InChI=1S/C24H31NO4/c1-16(2)18-9-8-17(3)22(13-18)29-15-24(26)25-12-6-7-20(25)19-10-11-21(27-4)23(14-19)28-5/h8-11,13-14,16,20H,6-7,12,15H2,1-5H3. The summed E-state index contributed by atoms with van der Waals surface area (Å²) < 4.78 is 16.7. The Morgan fingerprint density at radius 2 is 1.83 bits per heavy atom. The molecule has 5 heteroatoms. The molecule has 1 heterocycles. The second-order valence-electron chi connectivity index (χ2n) is 7.83. The number of amides is 1. The van der Waals surface area contributed by atoms with Gasteiger partial charge in [-0.2, -0.15) is 0 Å². The molecule has 1 atom stereocenters. The molecule has 1 unspecified atom stereocenters.